The van der Waals surface area contributed by atoms with E-state index in [1.807, 2.05) is 0 Å². The second kappa shape index (κ2) is 6.16. The van der Waals surface area contributed by atoms with Crippen LogP contribution in [0.1, 0.15) is 29.6 Å². The van der Waals surface area contributed by atoms with Crippen molar-refractivity contribution in [1.82, 2.24) is 14.9 Å². The molecular formula is C18H21N3O4. The molecule has 2 heterocycles. The number of aliphatic hydroxyl groups is 1. The Kier molecular flexibility index (Phi) is 3.97. The van der Waals surface area contributed by atoms with Crippen LogP contribution in [0.4, 0.5) is 0 Å². The summed E-state index contributed by atoms with van der Waals surface area (Å²) in [5, 5.41) is 13.3. The number of hydrogen-bond acceptors (Lipinski definition) is 4. The predicted octanol–water partition coefficient (Wildman–Crippen LogP) is 0.825. The summed E-state index contributed by atoms with van der Waals surface area (Å²) in [5.41, 5.74) is 0.771. The van der Waals surface area contributed by atoms with Gasteiger partial charge in [0.1, 0.15) is 0 Å². The lowest BCUT2D eigenvalue weighted by Gasteiger charge is -2.55. The summed E-state index contributed by atoms with van der Waals surface area (Å²) >= 11 is 0. The van der Waals surface area contributed by atoms with Gasteiger partial charge in [-0.3, -0.25) is 9.36 Å². The third-order valence-electron chi connectivity index (χ3n) is 5.60. The minimum absolute atomic E-state index is 0.0223. The van der Waals surface area contributed by atoms with E-state index in [4.69, 9.17) is 4.74 Å². The standard InChI is InChI=1S/C18H21N3O4/c22-15-11-14(18(15)5-9-25-10-6-18)20-16(23)12-1-3-13(4-2-12)21-8-7-19-17(21)24/h1-4,7-8,14-15,22H,5-6,9-11H2,(H,19,24)(H,20,23)/t14-,15-/m1/s1. The maximum Gasteiger partial charge on any atom is 0.330 e. The molecule has 2 atom stereocenters. The summed E-state index contributed by atoms with van der Waals surface area (Å²) < 4.78 is 6.86. The highest BCUT2D eigenvalue weighted by Crippen LogP contribution is 2.49. The number of H-pyrrole nitrogens is 1. The van der Waals surface area contributed by atoms with Crippen molar-refractivity contribution >= 4 is 5.91 Å². The molecule has 1 saturated heterocycles. The molecule has 0 unspecified atom stereocenters. The number of hydrogen-bond donors (Lipinski definition) is 3. The first-order chi connectivity index (χ1) is 12.1. The molecule has 25 heavy (non-hydrogen) atoms. The monoisotopic (exact) mass is 343 g/mol. The highest BCUT2D eigenvalue weighted by atomic mass is 16.5. The molecule has 1 saturated carbocycles. The van der Waals surface area contributed by atoms with E-state index in [0.717, 1.165) is 12.8 Å². The molecule has 4 rings (SSSR count). The molecule has 1 aromatic carbocycles. The average Bonchev–Trinajstić information content (AvgIpc) is 3.08. The largest absolute Gasteiger partial charge is 0.392 e. The van der Waals surface area contributed by atoms with E-state index in [0.29, 0.717) is 30.9 Å². The summed E-state index contributed by atoms with van der Waals surface area (Å²) in [4.78, 5) is 26.8. The Labute approximate surface area is 144 Å². The quantitative estimate of drug-likeness (QED) is 0.769. The van der Waals surface area contributed by atoms with Crippen LogP contribution in [0.25, 0.3) is 5.69 Å². The van der Waals surface area contributed by atoms with E-state index in [1.54, 1.807) is 36.7 Å². The molecule has 0 bridgehead atoms. The van der Waals surface area contributed by atoms with E-state index in [9.17, 15) is 14.7 Å². The molecule has 1 amide bonds. The maximum absolute atomic E-state index is 12.5. The van der Waals surface area contributed by atoms with Gasteiger partial charge in [-0.1, -0.05) is 0 Å². The number of ether oxygens (including phenoxy) is 1. The molecule has 1 aromatic heterocycles. The van der Waals surface area contributed by atoms with Crippen molar-refractivity contribution in [3.8, 4) is 5.69 Å². The Morgan fingerprint density at radius 3 is 2.60 bits per heavy atom. The number of aliphatic hydroxyl groups excluding tert-OH is 1. The lowest BCUT2D eigenvalue weighted by Crippen LogP contribution is -2.65. The van der Waals surface area contributed by atoms with Gasteiger partial charge in [0.2, 0.25) is 0 Å². The van der Waals surface area contributed by atoms with Crippen molar-refractivity contribution in [3.63, 3.8) is 0 Å². The van der Waals surface area contributed by atoms with Gasteiger partial charge in [-0.2, -0.15) is 0 Å². The lowest BCUT2D eigenvalue weighted by molar-refractivity contribution is -0.145. The van der Waals surface area contributed by atoms with Gasteiger partial charge in [0.15, 0.2) is 0 Å². The molecule has 2 aliphatic rings. The van der Waals surface area contributed by atoms with Gasteiger partial charge in [-0.15, -0.1) is 0 Å². The summed E-state index contributed by atoms with van der Waals surface area (Å²) in [6, 6.07) is 6.87. The van der Waals surface area contributed by atoms with Gasteiger partial charge in [-0.05, 0) is 43.5 Å². The van der Waals surface area contributed by atoms with Gasteiger partial charge in [-0.25, -0.2) is 4.79 Å². The molecule has 0 radical (unpaired) electrons. The number of benzene rings is 1. The first kappa shape index (κ1) is 16.1. The van der Waals surface area contributed by atoms with Crippen LogP contribution >= 0.6 is 0 Å². The van der Waals surface area contributed by atoms with Crippen LogP contribution in [0.15, 0.2) is 41.5 Å². The van der Waals surface area contributed by atoms with Gasteiger partial charge < -0.3 is 20.1 Å². The Morgan fingerprint density at radius 2 is 2.00 bits per heavy atom. The van der Waals surface area contributed by atoms with E-state index in [2.05, 4.69) is 10.3 Å². The van der Waals surface area contributed by atoms with Gasteiger partial charge in [0.05, 0.1) is 11.8 Å². The van der Waals surface area contributed by atoms with Crippen molar-refractivity contribution in [2.45, 2.75) is 31.4 Å². The molecular weight excluding hydrogens is 322 g/mol. The fourth-order valence-electron chi connectivity index (χ4n) is 3.94. The number of carbonyl (C=O) groups is 1. The number of imidazole rings is 1. The normalized spacial score (nSPS) is 24.7. The van der Waals surface area contributed by atoms with Crippen LogP contribution in [0.5, 0.6) is 0 Å². The van der Waals surface area contributed by atoms with Gasteiger partial charge >= 0.3 is 5.69 Å². The third-order valence-corrected chi connectivity index (χ3v) is 5.60. The van der Waals surface area contributed by atoms with E-state index in [1.165, 1.54) is 4.57 Å². The van der Waals surface area contributed by atoms with E-state index >= 15 is 0 Å². The Bertz CT molecular complexity index is 817. The summed E-state index contributed by atoms with van der Waals surface area (Å²) in [6.45, 7) is 1.26. The second-order valence-electron chi connectivity index (χ2n) is 6.81. The molecule has 2 aromatic rings. The minimum atomic E-state index is -0.371. The zero-order valence-electron chi connectivity index (χ0n) is 13.8. The zero-order valence-corrected chi connectivity index (χ0v) is 13.8. The SMILES string of the molecule is O=C(N[C@@H]1C[C@@H](O)C12CCOCC2)c1ccc(-n2cc[nH]c2=O)cc1. The highest BCUT2D eigenvalue weighted by Gasteiger charge is 2.55. The maximum atomic E-state index is 12.5. The average molecular weight is 343 g/mol. The molecule has 1 spiro atoms. The van der Waals surface area contributed by atoms with Crippen LogP contribution in [-0.2, 0) is 4.74 Å². The topological polar surface area (TPSA) is 96.3 Å². The number of rotatable bonds is 3. The van der Waals surface area contributed by atoms with Crippen LogP contribution in [0, 0.1) is 5.41 Å². The summed E-state index contributed by atoms with van der Waals surface area (Å²) in [5.74, 6) is -0.157. The first-order valence-corrected chi connectivity index (χ1v) is 8.53. The van der Waals surface area contributed by atoms with Crippen molar-refractivity contribution in [2.24, 2.45) is 5.41 Å². The number of aromatic nitrogens is 2. The minimum Gasteiger partial charge on any atom is -0.392 e. The number of amides is 1. The smallest absolute Gasteiger partial charge is 0.330 e. The van der Waals surface area contributed by atoms with Crippen molar-refractivity contribution < 1.29 is 14.6 Å². The Hall–Kier alpha value is -2.38. The van der Waals surface area contributed by atoms with Gasteiger partial charge in [0.25, 0.3) is 5.91 Å². The predicted molar refractivity (Wildman–Crippen MR) is 90.8 cm³/mol. The number of carbonyl (C=O) groups excluding carboxylic acids is 1. The van der Waals surface area contributed by atoms with Crippen molar-refractivity contribution in [2.75, 3.05) is 13.2 Å². The number of nitrogens with one attached hydrogen (secondary N) is 2. The van der Waals surface area contributed by atoms with Crippen molar-refractivity contribution in [1.29, 1.82) is 0 Å². The van der Waals surface area contributed by atoms with E-state index < -0.39 is 0 Å². The van der Waals surface area contributed by atoms with Crippen molar-refractivity contribution in [3.05, 3.63) is 52.7 Å². The highest BCUT2D eigenvalue weighted by molar-refractivity contribution is 5.94. The number of aromatic amines is 1. The molecule has 132 valence electrons. The fraction of sp³-hybridized carbons (Fsp3) is 0.444. The molecule has 1 aliphatic heterocycles. The third kappa shape index (κ3) is 2.69. The first-order valence-electron chi connectivity index (χ1n) is 8.53. The zero-order chi connectivity index (χ0) is 17.4. The molecule has 1 aliphatic carbocycles. The molecule has 2 fully saturated rings. The summed E-state index contributed by atoms with van der Waals surface area (Å²) in [7, 11) is 0. The molecule has 3 N–H and O–H groups in total. The van der Waals surface area contributed by atoms with Crippen LogP contribution in [0.2, 0.25) is 0 Å². The Morgan fingerprint density at radius 1 is 1.28 bits per heavy atom. The van der Waals surface area contributed by atoms with Crippen LogP contribution in [0.3, 0.4) is 0 Å². The fourth-order valence-corrected chi connectivity index (χ4v) is 3.94. The summed E-state index contributed by atoms with van der Waals surface area (Å²) in [6.07, 6.45) is 4.97. The van der Waals surface area contributed by atoms with Gasteiger partial charge in [0, 0.05) is 42.6 Å². The van der Waals surface area contributed by atoms with Crippen LogP contribution in [-0.4, -0.2) is 45.9 Å². The molecule has 7 heteroatoms. The number of nitrogens with zero attached hydrogens (tertiary/aromatic N) is 1. The second-order valence-corrected chi connectivity index (χ2v) is 6.81. The van der Waals surface area contributed by atoms with E-state index in [-0.39, 0.29) is 29.2 Å². The Balaban J connectivity index is 1.46. The molecule has 7 nitrogen and oxygen atoms in total. The lowest BCUT2D eigenvalue weighted by atomic mass is 9.58. The van der Waals surface area contributed by atoms with Crippen LogP contribution < -0.4 is 11.0 Å².